The number of nitrogens with one attached hydrogen (secondary N) is 1. The number of amides is 2. The van der Waals surface area contributed by atoms with Crippen molar-refractivity contribution < 1.29 is 14.3 Å². The first kappa shape index (κ1) is 16.0. The SMILES string of the molecule is CN(C(=O)Nc1ccc(Cl)c(F)c1)C1CCC(CO)CC1. The first-order valence-corrected chi connectivity index (χ1v) is 7.48. The summed E-state index contributed by atoms with van der Waals surface area (Å²) >= 11 is 5.61. The monoisotopic (exact) mass is 314 g/mol. The number of anilines is 1. The van der Waals surface area contributed by atoms with Crippen molar-refractivity contribution in [2.45, 2.75) is 31.7 Å². The Bertz CT molecular complexity index is 504. The van der Waals surface area contributed by atoms with Gasteiger partial charge >= 0.3 is 6.03 Å². The Morgan fingerprint density at radius 3 is 2.67 bits per heavy atom. The highest BCUT2D eigenvalue weighted by atomic mass is 35.5. The second kappa shape index (κ2) is 7.09. The van der Waals surface area contributed by atoms with Gasteiger partial charge < -0.3 is 15.3 Å². The maximum absolute atomic E-state index is 13.3. The van der Waals surface area contributed by atoms with E-state index in [2.05, 4.69) is 5.32 Å². The normalized spacial score (nSPS) is 21.9. The van der Waals surface area contributed by atoms with Crippen molar-refractivity contribution in [1.82, 2.24) is 4.90 Å². The van der Waals surface area contributed by atoms with E-state index in [0.29, 0.717) is 11.6 Å². The van der Waals surface area contributed by atoms with E-state index in [1.807, 2.05) is 0 Å². The first-order valence-electron chi connectivity index (χ1n) is 7.11. The summed E-state index contributed by atoms with van der Waals surface area (Å²) in [4.78, 5) is 13.8. The molecule has 0 aliphatic heterocycles. The Morgan fingerprint density at radius 2 is 2.10 bits per heavy atom. The van der Waals surface area contributed by atoms with Gasteiger partial charge in [-0.05, 0) is 49.8 Å². The summed E-state index contributed by atoms with van der Waals surface area (Å²) < 4.78 is 13.3. The van der Waals surface area contributed by atoms with Gasteiger partial charge in [0.15, 0.2) is 0 Å². The van der Waals surface area contributed by atoms with Gasteiger partial charge in [-0.2, -0.15) is 0 Å². The third-order valence-corrected chi connectivity index (χ3v) is 4.42. The highest BCUT2D eigenvalue weighted by molar-refractivity contribution is 6.30. The van der Waals surface area contributed by atoms with E-state index in [-0.39, 0.29) is 23.7 Å². The maximum Gasteiger partial charge on any atom is 0.321 e. The molecule has 0 heterocycles. The molecule has 0 radical (unpaired) electrons. The van der Waals surface area contributed by atoms with Crippen molar-refractivity contribution in [3.05, 3.63) is 29.0 Å². The van der Waals surface area contributed by atoms with Crippen LogP contribution in [-0.2, 0) is 0 Å². The molecule has 1 saturated carbocycles. The van der Waals surface area contributed by atoms with Crippen molar-refractivity contribution >= 4 is 23.3 Å². The third kappa shape index (κ3) is 4.08. The van der Waals surface area contributed by atoms with E-state index in [4.69, 9.17) is 16.7 Å². The zero-order valence-electron chi connectivity index (χ0n) is 12.0. The largest absolute Gasteiger partial charge is 0.396 e. The molecule has 1 fully saturated rings. The Hall–Kier alpha value is -1.33. The Kier molecular flexibility index (Phi) is 5.42. The van der Waals surface area contributed by atoms with Crippen LogP contribution in [0.4, 0.5) is 14.9 Å². The summed E-state index contributed by atoms with van der Waals surface area (Å²) in [6.07, 6.45) is 3.61. The minimum Gasteiger partial charge on any atom is -0.396 e. The molecule has 1 aromatic carbocycles. The lowest BCUT2D eigenvalue weighted by atomic mass is 9.86. The topological polar surface area (TPSA) is 52.6 Å². The van der Waals surface area contributed by atoms with Crippen LogP contribution in [0.3, 0.4) is 0 Å². The number of carbonyl (C=O) groups is 1. The van der Waals surface area contributed by atoms with Crippen LogP contribution in [0.1, 0.15) is 25.7 Å². The van der Waals surface area contributed by atoms with Gasteiger partial charge in [-0.1, -0.05) is 11.6 Å². The van der Waals surface area contributed by atoms with E-state index in [0.717, 1.165) is 25.7 Å². The molecule has 6 heteroatoms. The highest BCUT2D eigenvalue weighted by Gasteiger charge is 2.26. The van der Waals surface area contributed by atoms with Crippen molar-refractivity contribution in [3.8, 4) is 0 Å². The standard InChI is InChI=1S/C15H20ClFN2O2/c1-19(12-5-2-10(9-20)3-6-12)15(21)18-11-4-7-13(16)14(17)8-11/h4,7-8,10,12,20H,2-3,5-6,9H2,1H3,(H,18,21). The van der Waals surface area contributed by atoms with Crippen LogP contribution in [0.5, 0.6) is 0 Å². The molecule has 0 bridgehead atoms. The molecule has 0 atom stereocenters. The molecule has 1 aliphatic rings. The number of hydrogen-bond donors (Lipinski definition) is 2. The quantitative estimate of drug-likeness (QED) is 0.897. The highest BCUT2D eigenvalue weighted by Crippen LogP contribution is 2.27. The number of hydrogen-bond acceptors (Lipinski definition) is 2. The molecule has 2 amide bonds. The first-order chi connectivity index (χ1) is 10.0. The summed E-state index contributed by atoms with van der Waals surface area (Å²) in [7, 11) is 1.74. The lowest BCUT2D eigenvalue weighted by Crippen LogP contribution is -2.42. The molecule has 0 spiro atoms. The zero-order valence-corrected chi connectivity index (χ0v) is 12.7. The van der Waals surface area contributed by atoms with Crippen LogP contribution in [0.2, 0.25) is 5.02 Å². The summed E-state index contributed by atoms with van der Waals surface area (Å²) in [5.74, 6) is -0.205. The molecule has 2 N–H and O–H groups in total. The molecule has 1 aromatic rings. The molecule has 0 saturated heterocycles. The Balaban J connectivity index is 1.92. The second-order valence-corrected chi connectivity index (χ2v) is 5.93. The van der Waals surface area contributed by atoms with Crippen LogP contribution in [0.15, 0.2) is 18.2 Å². The van der Waals surface area contributed by atoms with Gasteiger partial charge in [0.2, 0.25) is 0 Å². The van der Waals surface area contributed by atoms with Crippen molar-refractivity contribution in [1.29, 1.82) is 0 Å². The minimum atomic E-state index is -0.555. The Labute approximate surface area is 128 Å². The molecular formula is C15H20ClFN2O2. The van der Waals surface area contributed by atoms with E-state index in [1.165, 1.54) is 12.1 Å². The number of rotatable bonds is 3. The maximum atomic E-state index is 13.3. The van der Waals surface area contributed by atoms with E-state index in [9.17, 15) is 9.18 Å². The van der Waals surface area contributed by atoms with Crippen molar-refractivity contribution in [2.24, 2.45) is 5.92 Å². The molecule has 0 aromatic heterocycles. The van der Waals surface area contributed by atoms with Crippen LogP contribution in [0, 0.1) is 11.7 Å². The van der Waals surface area contributed by atoms with Crippen LogP contribution < -0.4 is 5.32 Å². The van der Waals surface area contributed by atoms with Crippen LogP contribution in [-0.4, -0.2) is 35.7 Å². The van der Waals surface area contributed by atoms with E-state index >= 15 is 0 Å². The summed E-state index contributed by atoms with van der Waals surface area (Å²) in [6, 6.07) is 4.09. The lowest BCUT2D eigenvalue weighted by molar-refractivity contribution is 0.139. The van der Waals surface area contributed by atoms with Gasteiger partial charge in [0.1, 0.15) is 5.82 Å². The number of nitrogens with zero attached hydrogens (tertiary/aromatic N) is 1. The van der Waals surface area contributed by atoms with Crippen molar-refractivity contribution in [3.63, 3.8) is 0 Å². The molecule has 21 heavy (non-hydrogen) atoms. The van der Waals surface area contributed by atoms with E-state index in [1.54, 1.807) is 18.0 Å². The van der Waals surface area contributed by atoms with Gasteiger partial charge in [0.05, 0.1) is 5.02 Å². The molecule has 116 valence electrons. The molecule has 0 unspecified atom stereocenters. The molecule has 2 rings (SSSR count). The fourth-order valence-electron chi connectivity index (χ4n) is 2.67. The summed E-state index contributed by atoms with van der Waals surface area (Å²) in [5.41, 5.74) is 0.387. The summed E-state index contributed by atoms with van der Waals surface area (Å²) in [6.45, 7) is 0.215. The number of halogens is 2. The van der Waals surface area contributed by atoms with Crippen molar-refractivity contribution in [2.75, 3.05) is 19.0 Å². The van der Waals surface area contributed by atoms with Crippen LogP contribution in [0.25, 0.3) is 0 Å². The number of aliphatic hydroxyl groups is 1. The number of benzene rings is 1. The van der Waals surface area contributed by atoms with Crippen LogP contribution >= 0.6 is 11.6 Å². The second-order valence-electron chi connectivity index (χ2n) is 5.53. The van der Waals surface area contributed by atoms with Gasteiger partial charge in [-0.3, -0.25) is 0 Å². The minimum absolute atomic E-state index is 0.0312. The molecule has 4 nitrogen and oxygen atoms in total. The number of urea groups is 1. The molecule has 1 aliphatic carbocycles. The van der Waals surface area contributed by atoms with Gasteiger partial charge in [0, 0.05) is 25.4 Å². The Morgan fingerprint density at radius 1 is 1.43 bits per heavy atom. The third-order valence-electron chi connectivity index (χ3n) is 4.11. The summed E-state index contributed by atoms with van der Waals surface area (Å²) in [5, 5.41) is 11.8. The average Bonchev–Trinajstić information content (AvgIpc) is 2.50. The zero-order chi connectivity index (χ0) is 15.4. The van der Waals surface area contributed by atoms with Gasteiger partial charge in [-0.15, -0.1) is 0 Å². The van der Waals surface area contributed by atoms with Gasteiger partial charge in [-0.25, -0.2) is 9.18 Å². The van der Waals surface area contributed by atoms with Gasteiger partial charge in [0.25, 0.3) is 0 Å². The predicted octanol–water partition coefficient (Wildman–Crippen LogP) is 3.49. The smallest absolute Gasteiger partial charge is 0.321 e. The average molecular weight is 315 g/mol. The fraction of sp³-hybridized carbons (Fsp3) is 0.533. The van der Waals surface area contributed by atoms with E-state index < -0.39 is 5.82 Å². The predicted molar refractivity (Wildman–Crippen MR) is 81.0 cm³/mol. The number of aliphatic hydroxyl groups excluding tert-OH is 1. The molecular weight excluding hydrogens is 295 g/mol. The fourth-order valence-corrected chi connectivity index (χ4v) is 2.78. The lowest BCUT2D eigenvalue weighted by Gasteiger charge is -2.34. The number of carbonyl (C=O) groups excluding carboxylic acids is 1.